The van der Waals surface area contributed by atoms with E-state index in [2.05, 4.69) is 0 Å². The van der Waals surface area contributed by atoms with Gasteiger partial charge in [-0.1, -0.05) is 23.7 Å². The molecule has 0 radical (unpaired) electrons. The van der Waals surface area contributed by atoms with Crippen molar-refractivity contribution in [1.82, 2.24) is 4.90 Å². The molecule has 1 aliphatic heterocycles. The molecule has 1 saturated heterocycles. The Balaban J connectivity index is 2.06. The Hall–Kier alpha value is -1.10. The normalized spacial score (nSPS) is 22.7. The van der Waals surface area contributed by atoms with E-state index < -0.39 is 12.0 Å². The molecule has 2 rings (SSSR count). The number of carbonyl (C=O) groups is 1. The van der Waals surface area contributed by atoms with Crippen LogP contribution >= 0.6 is 11.6 Å². The Morgan fingerprint density at radius 2 is 2.17 bits per heavy atom. The average Bonchev–Trinajstić information content (AvgIpc) is 2.38. The van der Waals surface area contributed by atoms with E-state index in [-0.39, 0.29) is 6.10 Å². The van der Waals surface area contributed by atoms with E-state index in [0.717, 1.165) is 5.56 Å². The Labute approximate surface area is 111 Å². The van der Waals surface area contributed by atoms with E-state index in [9.17, 15) is 4.79 Å². The molecule has 18 heavy (non-hydrogen) atoms. The number of halogens is 1. The van der Waals surface area contributed by atoms with Gasteiger partial charge >= 0.3 is 5.97 Å². The summed E-state index contributed by atoms with van der Waals surface area (Å²) in [4.78, 5) is 12.9. The fourth-order valence-electron chi connectivity index (χ4n) is 2.06. The lowest BCUT2D eigenvalue weighted by Gasteiger charge is -2.35. The Morgan fingerprint density at radius 1 is 1.50 bits per heavy atom. The Kier molecular flexibility index (Phi) is 4.22. The Morgan fingerprint density at radius 3 is 2.78 bits per heavy atom. The van der Waals surface area contributed by atoms with Crippen LogP contribution in [0.2, 0.25) is 5.02 Å². The fourth-order valence-corrected chi connectivity index (χ4v) is 2.18. The van der Waals surface area contributed by atoms with Crippen LogP contribution in [0, 0.1) is 0 Å². The van der Waals surface area contributed by atoms with Gasteiger partial charge in [-0.25, -0.2) is 0 Å². The quantitative estimate of drug-likeness (QED) is 0.914. The van der Waals surface area contributed by atoms with Gasteiger partial charge in [-0.3, -0.25) is 9.69 Å². The van der Waals surface area contributed by atoms with Crippen LogP contribution in [0.15, 0.2) is 24.3 Å². The molecule has 1 heterocycles. The largest absolute Gasteiger partial charge is 0.480 e. The third kappa shape index (κ3) is 3.02. The molecule has 0 bridgehead atoms. The first-order valence-corrected chi connectivity index (χ1v) is 6.29. The molecule has 5 heteroatoms. The molecule has 4 nitrogen and oxygen atoms in total. The number of carboxylic acids is 1. The van der Waals surface area contributed by atoms with Crippen LogP contribution in [0.4, 0.5) is 0 Å². The molecular formula is C13H16ClNO3. The van der Waals surface area contributed by atoms with Gasteiger partial charge in [-0.15, -0.1) is 0 Å². The van der Waals surface area contributed by atoms with E-state index in [4.69, 9.17) is 21.4 Å². The minimum Gasteiger partial charge on any atom is -0.480 e. The highest BCUT2D eigenvalue weighted by molar-refractivity contribution is 6.30. The zero-order chi connectivity index (χ0) is 13.1. The van der Waals surface area contributed by atoms with Crippen molar-refractivity contribution in [3.05, 3.63) is 34.9 Å². The fraction of sp³-hybridized carbons (Fsp3) is 0.462. The summed E-state index contributed by atoms with van der Waals surface area (Å²) in [6.45, 7) is 3.49. The second-order valence-electron chi connectivity index (χ2n) is 4.42. The van der Waals surface area contributed by atoms with Gasteiger partial charge in [-0.05, 0) is 24.6 Å². The molecule has 0 aliphatic carbocycles. The second kappa shape index (κ2) is 5.69. The lowest BCUT2D eigenvalue weighted by Crippen LogP contribution is -2.46. The van der Waals surface area contributed by atoms with E-state index in [1.807, 2.05) is 29.2 Å². The smallest absolute Gasteiger partial charge is 0.320 e. The van der Waals surface area contributed by atoms with E-state index in [0.29, 0.717) is 24.7 Å². The van der Waals surface area contributed by atoms with E-state index in [1.54, 1.807) is 6.92 Å². The van der Waals surface area contributed by atoms with Crippen molar-refractivity contribution in [2.45, 2.75) is 19.1 Å². The van der Waals surface area contributed by atoms with E-state index >= 15 is 0 Å². The molecular weight excluding hydrogens is 254 g/mol. The van der Waals surface area contributed by atoms with Gasteiger partial charge in [0.05, 0.1) is 12.7 Å². The summed E-state index contributed by atoms with van der Waals surface area (Å²) < 4.78 is 5.69. The van der Waals surface area contributed by atoms with Crippen molar-refractivity contribution in [3.8, 4) is 0 Å². The summed E-state index contributed by atoms with van der Waals surface area (Å²) in [5.41, 5.74) is 1.03. The summed E-state index contributed by atoms with van der Waals surface area (Å²) in [5.74, 6) is -0.799. The number of carboxylic acid groups (broad SMARTS) is 1. The van der Waals surface area contributed by atoms with Gasteiger partial charge in [-0.2, -0.15) is 0 Å². The number of rotatable bonds is 3. The SMILES string of the molecule is C[C@H](C(=O)O)N1CCO[C@H](c2ccc(Cl)cc2)C1. The van der Waals surface area contributed by atoms with Gasteiger partial charge in [0.25, 0.3) is 0 Å². The predicted molar refractivity (Wildman–Crippen MR) is 68.8 cm³/mol. The molecule has 1 aromatic carbocycles. The van der Waals surface area contributed by atoms with Crippen LogP contribution < -0.4 is 0 Å². The topological polar surface area (TPSA) is 49.8 Å². The predicted octanol–water partition coefficient (Wildman–Crippen LogP) is 2.19. The van der Waals surface area contributed by atoms with E-state index in [1.165, 1.54) is 0 Å². The van der Waals surface area contributed by atoms with Crippen LogP contribution in [0.25, 0.3) is 0 Å². The monoisotopic (exact) mass is 269 g/mol. The first-order chi connectivity index (χ1) is 8.58. The summed E-state index contributed by atoms with van der Waals surface area (Å²) in [5, 5.41) is 9.71. The molecule has 2 atom stereocenters. The van der Waals surface area contributed by atoms with Crippen molar-refractivity contribution in [3.63, 3.8) is 0 Å². The van der Waals surface area contributed by atoms with Crippen LogP contribution in [0.3, 0.4) is 0 Å². The highest BCUT2D eigenvalue weighted by Gasteiger charge is 2.28. The molecule has 0 unspecified atom stereocenters. The molecule has 1 aliphatic rings. The zero-order valence-corrected chi connectivity index (χ0v) is 10.9. The van der Waals surface area contributed by atoms with Gasteiger partial charge in [0.15, 0.2) is 0 Å². The molecule has 0 aromatic heterocycles. The van der Waals surface area contributed by atoms with Gasteiger partial charge in [0.1, 0.15) is 6.04 Å². The number of ether oxygens (including phenoxy) is 1. The number of nitrogens with zero attached hydrogens (tertiary/aromatic N) is 1. The van der Waals surface area contributed by atoms with Crippen LogP contribution in [-0.4, -0.2) is 41.7 Å². The standard InChI is InChI=1S/C13H16ClNO3/c1-9(13(16)17)15-6-7-18-12(8-15)10-2-4-11(14)5-3-10/h2-5,9,12H,6-8H2,1H3,(H,16,17)/t9-,12+/m1/s1. The number of hydrogen-bond donors (Lipinski definition) is 1. The van der Waals surface area contributed by atoms with Crippen molar-refractivity contribution >= 4 is 17.6 Å². The third-order valence-electron chi connectivity index (χ3n) is 3.24. The number of morpholine rings is 1. The van der Waals surface area contributed by atoms with Crippen molar-refractivity contribution in [2.24, 2.45) is 0 Å². The number of hydrogen-bond acceptors (Lipinski definition) is 3. The molecule has 1 N–H and O–H groups in total. The van der Waals surface area contributed by atoms with Crippen LogP contribution in [-0.2, 0) is 9.53 Å². The lowest BCUT2D eigenvalue weighted by atomic mass is 10.1. The molecule has 1 aromatic rings. The molecule has 0 amide bonds. The molecule has 0 saturated carbocycles. The summed E-state index contributed by atoms with van der Waals surface area (Å²) in [6.07, 6.45) is -0.0854. The first kappa shape index (κ1) is 13.3. The zero-order valence-electron chi connectivity index (χ0n) is 10.2. The highest BCUT2D eigenvalue weighted by Crippen LogP contribution is 2.24. The van der Waals surface area contributed by atoms with Gasteiger partial charge in [0, 0.05) is 18.1 Å². The van der Waals surface area contributed by atoms with Crippen LogP contribution in [0.1, 0.15) is 18.6 Å². The Bertz CT molecular complexity index is 421. The van der Waals surface area contributed by atoms with Crippen molar-refractivity contribution in [1.29, 1.82) is 0 Å². The maximum atomic E-state index is 11.0. The third-order valence-corrected chi connectivity index (χ3v) is 3.50. The minimum absolute atomic E-state index is 0.0854. The summed E-state index contributed by atoms with van der Waals surface area (Å²) >= 11 is 5.84. The maximum Gasteiger partial charge on any atom is 0.320 e. The lowest BCUT2D eigenvalue weighted by molar-refractivity contribution is -0.145. The highest BCUT2D eigenvalue weighted by atomic mass is 35.5. The summed E-state index contributed by atoms with van der Waals surface area (Å²) in [6, 6.07) is 6.99. The molecule has 1 fully saturated rings. The van der Waals surface area contributed by atoms with Crippen molar-refractivity contribution in [2.75, 3.05) is 19.7 Å². The summed E-state index contributed by atoms with van der Waals surface area (Å²) in [7, 11) is 0. The number of benzene rings is 1. The average molecular weight is 270 g/mol. The number of aliphatic carboxylic acids is 1. The van der Waals surface area contributed by atoms with Crippen LogP contribution in [0.5, 0.6) is 0 Å². The minimum atomic E-state index is -0.799. The van der Waals surface area contributed by atoms with Gasteiger partial charge in [0.2, 0.25) is 0 Å². The second-order valence-corrected chi connectivity index (χ2v) is 4.86. The molecule has 98 valence electrons. The maximum absolute atomic E-state index is 11.0. The molecule has 0 spiro atoms. The van der Waals surface area contributed by atoms with Crippen molar-refractivity contribution < 1.29 is 14.6 Å². The first-order valence-electron chi connectivity index (χ1n) is 5.92. The van der Waals surface area contributed by atoms with Gasteiger partial charge < -0.3 is 9.84 Å².